The first-order chi connectivity index (χ1) is 12.9. The number of likely N-dealkylation sites (N-methyl/N-ethyl adjacent to an activating group) is 1. The Morgan fingerprint density at radius 2 is 2.00 bits per heavy atom. The molecule has 1 atom stereocenters. The quantitative estimate of drug-likeness (QED) is 0.793. The average Bonchev–Trinajstić information content (AvgIpc) is 3.08. The van der Waals surface area contributed by atoms with Crippen LogP contribution in [0.3, 0.4) is 0 Å². The van der Waals surface area contributed by atoms with Gasteiger partial charge in [0.2, 0.25) is 0 Å². The molecule has 2 heterocycles. The van der Waals surface area contributed by atoms with Crippen molar-refractivity contribution in [2.75, 3.05) is 20.1 Å². The van der Waals surface area contributed by atoms with E-state index in [0.717, 1.165) is 31.1 Å². The lowest BCUT2D eigenvalue weighted by Gasteiger charge is -2.37. The molecule has 1 fully saturated rings. The molecule has 4 heteroatoms. The average molecular weight is 383 g/mol. The van der Waals surface area contributed by atoms with Crippen molar-refractivity contribution in [2.45, 2.75) is 51.4 Å². The summed E-state index contributed by atoms with van der Waals surface area (Å²) in [4.78, 5) is 7.44. The van der Waals surface area contributed by atoms with Crippen molar-refractivity contribution in [3.63, 3.8) is 0 Å². The highest BCUT2D eigenvalue weighted by Gasteiger charge is 2.23. The number of thiophene rings is 1. The van der Waals surface area contributed by atoms with Gasteiger partial charge in [-0.25, -0.2) is 0 Å². The largest absolute Gasteiger partial charge is 0.378 e. The molecule has 1 aromatic heterocycles. The molecule has 1 N–H and O–H groups in total. The Hall–Kier alpha value is -1.64. The van der Waals surface area contributed by atoms with Gasteiger partial charge in [-0.05, 0) is 58.0 Å². The van der Waals surface area contributed by atoms with Gasteiger partial charge in [-0.1, -0.05) is 42.2 Å². The third kappa shape index (κ3) is 6.48. The summed E-state index contributed by atoms with van der Waals surface area (Å²) in [7, 11) is 2.25. The molecule has 3 rings (SSSR count). The molecule has 0 aliphatic carbocycles. The van der Waals surface area contributed by atoms with Crippen LogP contribution >= 0.6 is 11.3 Å². The summed E-state index contributed by atoms with van der Waals surface area (Å²) in [6.07, 6.45) is 2.52. The first kappa shape index (κ1) is 20.1. The zero-order valence-electron chi connectivity index (χ0n) is 16.6. The second-order valence-electron chi connectivity index (χ2n) is 8.01. The van der Waals surface area contributed by atoms with Gasteiger partial charge in [-0.15, -0.1) is 11.3 Å². The molecule has 0 radical (unpaired) electrons. The third-order valence-corrected chi connectivity index (χ3v) is 5.90. The maximum Gasteiger partial charge on any atom is 0.120 e. The van der Waals surface area contributed by atoms with Gasteiger partial charge in [0.15, 0.2) is 0 Å². The third-order valence-electron chi connectivity index (χ3n) is 4.91. The number of likely N-dealkylation sites (tertiary alicyclic amines) is 1. The van der Waals surface area contributed by atoms with Gasteiger partial charge in [-0.2, -0.15) is 0 Å². The highest BCUT2D eigenvalue weighted by molar-refractivity contribution is 7.12. The van der Waals surface area contributed by atoms with Crippen LogP contribution in [-0.4, -0.2) is 46.7 Å². The number of rotatable bonds is 5. The number of nitrogens with zero attached hydrogens (tertiary/aromatic N) is 2. The summed E-state index contributed by atoms with van der Waals surface area (Å²) in [6, 6.07) is 15.6. The van der Waals surface area contributed by atoms with E-state index < -0.39 is 5.60 Å². The van der Waals surface area contributed by atoms with Crippen molar-refractivity contribution >= 4 is 11.3 Å². The Morgan fingerprint density at radius 1 is 1.22 bits per heavy atom. The van der Waals surface area contributed by atoms with E-state index in [2.05, 4.69) is 71.2 Å². The van der Waals surface area contributed by atoms with Crippen molar-refractivity contribution in [2.24, 2.45) is 0 Å². The second-order valence-corrected chi connectivity index (χ2v) is 9.18. The Bertz CT molecular complexity index is 782. The monoisotopic (exact) mass is 382 g/mol. The Labute approximate surface area is 167 Å². The highest BCUT2D eigenvalue weighted by atomic mass is 32.1. The molecule has 0 bridgehead atoms. The fraction of sp³-hybridized carbons (Fsp3) is 0.478. The SMILES string of the molecule is CN(Cc1ccccc1)C1CCCN(Cc2ccc(C#CC(C)(C)O)s2)C1. The smallest absolute Gasteiger partial charge is 0.120 e. The Balaban J connectivity index is 1.55. The molecule has 2 aromatic rings. The Kier molecular flexibility index (Phi) is 6.73. The normalized spacial score (nSPS) is 18.3. The van der Waals surface area contributed by atoms with Crippen LogP contribution in [-0.2, 0) is 13.1 Å². The van der Waals surface area contributed by atoms with Gasteiger partial charge in [0, 0.05) is 30.6 Å². The van der Waals surface area contributed by atoms with E-state index in [-0.39, 0.29) is 0 Å². The predicted molar refractivity (Wildman–Crippen MR) is 114 cm³/mol. The standard InChI is InChI=1S/C23H30N2OS/c1-23(2,26)14-13-21-11-12-22(27-21)18-25-15-7-10-20(17-25)24(3)16-19-8-5-4-6-9-19/h4-6,8-9,11-12,20,26H,7,10,15-18H2,1-3H3. The zero-order chi connectivity index (χ0) is 19.3. The van der Waals surface area contributed by atoms with Gasteiger partial charge in [-0.3, -0.25) is 9.80 Å². The van der Waals surface area contributed by atoms with Gasteiger partial charge < -0.3 is 5.11 Å². The molecule has 0 amide bonds. The van der Waals surface area contributed by atoms with Crippen molar-refractivity contribution < 1.29 is 5.11 Å². The summed E-state index contributed by atoms with van der Waals surface area (Å²) in [5.41, 5.74) is 0.443. The van der Waals surface area contributed by atoms with Crippen molar-refractivity contribution in [1.29, 1.82) is 0 Å². The summed E-state index contributed by atoms with van der Waals surface area (Å²) >= 11 is 1.74. The summed E-state index contributed by atoms with van der Waals surface area (Å²) in [5, 5.41) is 9.75. The van der Waals surface area contributed by atoms with Crippen LogP contribution in [0.4, 0.5) is 0 Å². The molecule has 1 aromatic carbocycles. The maximum absolute atomic E-state index is 9.75. The van der Waals surface area contributed by atoms with Crippen LogP contribution < -0.4 is 0 Å². The zero-order valence-corrected chi connectivity index (χ0v) is 17.4. The van der Waals surface area contributed by atoms with E-state index in [1.807, 2.05) is 0 Å². The van der Waals surface area contributed by atoms with Crippen LogP contribution in [0.2, 0.25) is 0 Å². The van der Waals surface area contributed by atoms with Crippen molar-refractivity contribution in [1.82, 2.24) is 9.80 Å². The predicted octanol–water partition coefficient (Wildman–Crippen LogP) is 3.97. The molecule has 0 saturated carbocycles. The Morgan fingerprint density at radius 3 is 2.74 bits per heavy atom. The van der Waals surface area contributed by atoms with Crippen LogP contribution in [0.25, 0.3) is 0 Å². The van der Waals surface area contributed by atoms with E-state index in [1.54, 1.807) is 25.2 Å². The van der Waals surface area contributed by atoms with Crippen LogP contribution in [0.1, 0.15) is 42.0 Å². The van der Waals surface area contributed by atoms with E-state index in [4.69, 9.17) is 0 Å². The molecule has 1 saturated heterocycles. The first-order valence-corrected chi connectivity index (χ1v) is 10.5. The molecule has 1 unspecified atom stereocenters. The lowest BCUT2D eigenvalue weighted by atomic mass is 10.0. The molecule has 1 aliphatic rings. The fourth-order valence-electron chi connectivity index (χ4n) is 3.50. The molecule has 1 aliphatic heterocycles. The van der Waals surface area contributed by atoms with Crippen molar-refractivity contribution in [3.8, 4) is 11.8 Å². The van der Waals surface area contributed by atoms with Gasteiger partial charge in [0.25, 0.3) is 0 Å². The minimum Gasteiger partial charge on any atom is -0.378 e. The topological polar surface area (TPSA) is 26.7 Å². The summed E-state index contributed by atoms with van der Waals surface area (Å²) in [6.45, 7) is 7.71. The van der Waals surface area contributed by atoms with Crippen LogP contribution in [0.5, 0.6) is 0 Å². The number of hydrogen-bond donors (Lipinski definition) is 1. The second kappa shape index (κ2) is 9.03. The highest BCUT2D eigenvalue weighted by Crippen LogP contribution is 2.22. The molecule has 3 nitrogen and oxygen atoms in total. The van der Waals surface area contributed by atoms with E-state index in [1.165, 1.54) is 23.3 Å². The van der Waals surface area contributed by atoms with Gasteiger partial charge in [0.1, 0.15) is 5.60 Å². The number of aliphatic hydroxyl groups is 1. The lowest BCUT2D eigenvalue weighted by Crippen LogP contribution is -2.45. The van der Waals surface area contributed by atoms with E-state index >= 15 is 0 Å². The molecule has 144 valence electrons. The minimum absolute atomic E-state index is 0.605. The van der Waals surface area contributed by atoms with Crippen molar-refractivity contribution in [3.05, 3.63) is 57.8 Å². The number of piperidine rings is 1. The number of benzene rings is 1. The van der Waals surface area contributed by atoms with Gasteiger partial charge in [0.05, 0.1) is 4.88 Å². The number of hydrogen-bond acceptors (Lipinski definition) is 4. The van der Waals surface area contributed by atoms with Crippen LogP contribution in [0.15, 0.2) is 42.5 Å². The maximum atomic E-state index is 9.75. The molecular formula is C23H30N2OS. The molecule has 0 spiro atoms. The minimum atomic E-state index is -0.937. The van der Waals surface area contributed by atoms with E-state index in [9.17, 15) is 5.11 Å². The molecular weight excluding hydrogens is 352 g/mol. The molecule has 27 heavy (non-hydrogen) atoms. The first-order valence-electron chi connectivity index (χ1n) is 9.70. The summed E-state index contributed by atoms with van der Waals surface area (Å²) in [5.74, 6) is 5.98. The van der Waals surface area contributed by atoms with Gasteiger partial charge >= 0.3 is 0 Å². The fourth-order valence-corrected chi connectivity index (χ4v) is 4.40. The summed E-state index contributed by atoms with van der Waals surface area (Å²) < 4.78 is 0. The lowest BCUT2D eigenvalue weighted by molar-refractivity contribution is 0.108. The van der Waals surface area contributed by atoms with Crippen LogP contribution in [0, 0.1) is 11.8 Å². The van der Waals surface area contributed by atoms with E-state index in [0.29, 0.717) is 6.04 Å².